The molecule has 0 saturated heterocycles. The number of pyridine rings is 1. The molecular weight excluding hydrogens is 392 g/mol. The molecule has 3 heteroatoms. The molecule has 0 aliphatic rings. The van der Waals surface area contributed by atoms with E-state index >= 15 is 0 Å². The predicted molar refractivity (Wildman–Crippen MR) is 55.6 cm³/mol. The number of hydrogen-bond donors (Lipinski definition) is 0. The molecule has 1 rings (SSSR count). The Kier molecular flexibility index (Phi) is 7.17. The first-order chi connectivity index (χ1) is 5.58. The monoisotopic (exact) mass is 409 g/mol. The van der Waals surface area contributed by atoms with Gasteiger partial charge < -0.3 is 0 Å². The second kappa shape index (κ2) is 6.59. The van der Waals surface area contributed by atoms with Crippen LogP contribution in [-0.4, -0.2) is 23.4 Å². The fourth-order valence-electron chi connectivity index (χ4n) is 0.930. The van der Waals surface area contributed by atoms with E-state index in [9.17, 15) is 0 Å². The summed E-state index contributed by atoms with van der Waals surface area (Å²) in [4.78, 5) is 11.5. The Morgan fingerprint density at radius 2 is 2.00 bits per heavy atom. The fourth-order valence-corrected chi connectivity index (χ4v) is 3.27. The second-order valence-corrected chi connectivity index (χ2v) is 18.8. The third-order valence-corrected chi connectivity index (χ3v) is 5.73. The van der Waals surface area contributed by atoms with Gasteiger partial charge in [0.05, 0.1) is 0 Å². The van der Waals surface area contributed by atoms with E-state index in [0.717, 1.165) is 6.42 Å². The van der Waals surface area contributed by atoms with Gasteiger partial charge in [-0.3, -0.25) is 0 Å². The van der Waals surface area contributed by atoms with Crippen LogP contribution in [0.3, 0.4) is 0 Å². The maximum atomic E-state index is 4.28. The van der Waals surface area contributed by atoms with E-state index in [-0.39, 0.29) is 35.6 Å². The van der Waals surface area contributed by atoms with Crippen molar-refractivity contribution in [1.82, 2.24) is 4.98 Å². The van der Waals surface area contributed by atoms with E-state index in [1.807, 2.05) is 18.3 Å². The average molecular weight is 408 g/mol. The molecule has 0 fully saturated rings. The standard InChI is InChI=1S/C7H7N.3CH3.La.Sn/c1-2-7-5-3-4-6-8-7;;;;;/h1,3-6H,2H2;3*1H3;;/q-1;;;;;. The van der Waals surface area contributed by atoms with E-state index in [2.05, 4.69) is 30.3 Å². The zero-order valence-corrected chi connectivity index (χ0v) is 15.1. The van der Waals surface area contributed by atoms with Gasteiger partial charge in [0.15, 0.2) is 0 Å². The first-order valence-electron chi connectivity index (χ1n) is 4.32. The van der Waals surface area contributed by atoms with Gasteiger partial charge in [-0.25, -0.2) is 0 Å². The molecular formula is C10H16LaNSn-. The summed E-state index contributed by atoms with van der Waals surface area (Å²) in [5, 5.41) is 0. The summed E-state index contributed by atoms with van der Waals surface area (Å²) in [6, 6.07) is 6.10. The number of aromatic nitrogens is 1. The minimum absolute atomic E-state index is 0. The Balaban J connectivity index is 0.00000144. The molecule has 0 unspecified atom stereocenters. The van der Waals surface area contributed by atoms with Gasteiger partial charge >= 0.3 is 79.1 Å². The van der Waals surface area contributed by atoms with Crippen LogP contribution in [0.25, 0.3) is 0 Å². The van der Waals surface area contributed by atoms with Crippen molar-refractivity contribution in [1.29, 1.82) is 0 Å². The Labute approximate surface area is 113 Å². The fraction of sp³-hybridized carbons (Fsp3) is 0.400. The van der Waals surface area contributed by atoms with Gasteiger partial charge in [0, 0.05) is 35.6 Å². The molecule has 0 aliphatic heterocycles. The van der Waals surface area contributed by atoms with E-state index in [1.165, 1.54) is 5.69 Å². The molecule has 1 aromatic heterocycles. The summed E-state index contributed by atoms with van der Waals surface area (Å²) in [5.74, 6) is 0. The van der Waals surface area contributed by atoms with Crippen molar-refractivity contribution in [2.45, 2.75) is 21.2 Å². The van der Waals surface area contributed by atoms with Crippen LogP contribution >= 0.6 is 0 Å². The molecule has 13 heavy (non-hydrogen) atoms. The van der Waals surface area contributed by atoms with E-state index in [4.69, 9.17) is 0 Å². The smallest absolute Gasteiger partial charge is 0 e. The summed E-state index contributed by atoms with van der Waals surface area (Å²) in [7, 11) is 0. The summed E-state index contributed by atoms with van der Waals surface area (Å²) >= 11 is -1.67. The van der Waals surface area contributed by atoms with Crippen LogP contribution in [0, 0.1) is 40.0 Å². The quantitative estimate of drug-likeness (QED) is 0.554. The van der Waals surface area contributed by atoms with Crippen LogP contribution in [0.4, 0.5) is 0 Å². The zero-order valence-electron chi connectivity index (χ0n) is 8.62. The van der Waals surface area contributed by atoms with Crippen molar-refractivity contribution in [2.75, 3.05) is 0 Å². The molecule has 0 N–H and O–H groups in total. The minimum Gasteiger partial charge on any atom is 0 e. The third kappa shape index (κ3) is 7.12. The van der Waals surface area contributed by atoms with E-state index in [0.29, 0.717) is 0 Å². The van der Waals surface area contributed by atoms with Gasteiger partial charge in [-0.15, -0.1) is 0 Å². The number of hydrogen-bond acceptors (Lipinski definition) is 1. The van der Waals surface area contributed by atoms with Crippen molar-refractivity contribution < 1.29 is 35.6 Å². The van der Waals surface area contributed by atoms with Crippen molar-refractivity contribution >= 4 is 18.4 Å². The second-order valence-electron chi connectivity index (χ2n) is 4.10. The van der Waals surface area contributed by atoms with Crippen molar-refractivity contribution in [3.63, 3.8) is 0 Å². The van der Waals surface area contributed by atoms with Crippen LogP contribution in [-0.2, 0) is 6.42 Å². The molecule has 1 nitrogen and oxygen atoms in total. The van der Waals surface area contributed by atoms with Gasteiger partial charge in [-0.1, -0.05) is 0 Å². The normalized spacial score (nSPS) is 10.7. The first kappa shape index (κ1) is 14.1. The topological polar surface area (TPSA) is 12.9 Å². The largest absolute Gasteiger partial charge is 0 e. The number of rotatable bonds is 3. The first-order valence-corrected chi connectivity index (χ1v) is 14.5. The van der Waals surface area contributed by atoms with Crippen LogP contribution in [0.1, 0.15) is 5.69 Å². The van der Waals surface area contributed by atoms with Gasteiger partial charge in [-0.2, -0.15) is 0 Å². The van der Waals surface area contributed by atoms with E-state index < -0.39 is 18.4 Å². The summed E-state index contributed by atoms with van der Waals surface area (Å²) in [6.07, 6.45) is 2.92. The summed E-state index contributed by atoms with van der Waals surface area (Å²) in [6.45, 7) is 0. The van der Waals surface area contributed by atoms with E-state index in [1.54, 1.807) is 0 Å². The van der Waals surface area contributed by atoms with Crippen molar-refractivity contribution in [3.8, 4) is 0 Å². The van der Waals surface area contributed by atoms with Crippen LogP contribution in [0.5, 0.6) is 0 Å². The molecule has 0 aromatic carbocycles. The Morgan fingerprint density at radius 1 is 1.31 bits per heavy atom. The molecule has 1 heterocycles. The zero-order chi connectivity index (χ0) is 9.03. The Hall–Kier alpha value is 1.14. The van der Waals surface area contributed by atoms with Gasteiger partial charge in [0.2, 0.25) is 0 Å². The molecule has 0 amide bonds. The maximum absolute atomic E-state index is 4.28. The van der Waals surface area contributed by atoms with Gasteiger partial charge in [0.25, 0.3) is 0 Å². The van der Waals surface area contributed by atoms with Gasteiger partial charge in [0.1, 0.15) is 0 Å². The average Bonchev–Trinajstić information content (AvgIpc) is 2.02. The summed E-state index contributed by atoms with van der Waals surface area (Å²) in [5.41, 5.74) is 1.20. The summed E-state index contributed by atoms with van der Waals surface area (Å²) < 4.78 is 2.50. The van der Waals surface area contributed by atoms with Crippen LogP contribution in [0.2, 0.25) is 14.8 Å². The molecule has 1 aromatic rings. The number of nitrogens with zero attached hydrogens (tertiary/aromatic N) is 1. The molecule has 0 aliphatic carbocycles. The van der Waals surface area contributed by atoms with Crippen LogP contribution in [0.15, 0.2) is 24.4 Å². The molecule has 1 radical (unpaired) electrons. The molecule has 0 bridgehead atoms. The molecule has 0 saturated carbocycles. The minimum atomic E-state index is -1.67. The van der Waals surface area contributed by atoms with Crippen LogP contribution < -0.4 is 0 Å². The predicted octanol–water partition coefficient (Wildman–Crippen LogP) is 2.71. The molecule has 0 spiro atoms. The Morgan fingerprint density at radius 3 is 2.46 bits per heavy atom. The molecule has 0 atom stereocenters. The van der Waals surface area contributed by atoms with Crippen molar-refractivity contribution in [2.24, 2.45) is 0 Å². The maximum Gasteiger partial charge on any atom is 0 e. The van der Waals surface area contributed by atoms with Gasteiger partial charge in [-0.05, 0) is 0 Å². The Bertz CT molecular complexity index is 230. The molecule has 69 valence electrons. The third-order valence-electron chi connectivity index (χ3n) is 1.65. The van der Waals surface area contributed by atoms with Crippen molar-refractivity contribution in [3.05, 3.63) is 34.5 Å². The SMILES string of the molecule is [CH3][Sn]([CH3])([CH3])[CH-]Cc1ccccn1.[La].